The van der Waals surface area contributed by atoms with Gasteiger partial charge in [-0.3, -0.25) is 23.7 Å². The van der Waals surface area contributed by atoms with Gasteiger partial charge in [-0.15, -0.1) is 6.42 Å². The number of ether oxygens (including phenoxy) is 2. The van der Waals surface area contributed by atoms with Crippen LogP contribution in [0.2, 0.25) is 0 Å². The smallest absolute Gasteiger partial charge is 0.459 e. The highest BCUT2D eigenvalue weighted by Crippen LogP contribution is 2.44. The van der Waals surface area contributed by atoms with Crippen molar-refractivity contribution in [3.8, 4) is 18.1 Å². The lowest BCUT2D eigenvalue weighted by atomic mass is 10.1. The Hall–Kier alpha value is -3.16. The lowest BCUT2D eigenvalue weighted by molar-refractivity contribution is -0.145. The van der Waals surface area contributed by atoms with E-state index in [1.54, 1.807) is 44.2 Å². The Morgan fingerprint density at radius 1 is 1.24 bits per heavy atom. The molecule has 0 aliphatic heterocycles. The molecular formula is C22H28N3O8P. The standard InChI is InChI=1S/C22H28N3O8P/c1-5-17(25-12-11-20(26)24-22(25)28)13-19(30-4)15-31-34(29,23-14-21(27)32-16(2)3)33-18-9-7-6-8-10-18/h1,6-12,16-17,19H,13-15H2,2-4H3,(H,23,29)(H,24,26,28). The van der Waals surface area contributed by atoms with E-state index in [4.69, 9.17) is 24.9 Å². The number of hydrogen-bond donors (Lipinski definition) is 2. The molecule has 0 aliphatic rings. The van der Waals surface area contributed by atoms with Gasteiger partial charge in [-0.25, -0.2) is 14.4 Å². The second kappa shape index (κ2) is 12.9. The van der Waals surface area contributed by atoms with E-state index in [2.05, 4.69) is 16.0 Å². The fourth-order valence-electron chi connectivity index (χ4n) is 2.79. The number of carbonyl (C=O) groups excluding carboxylic acids is 1. The van der Waals surface area contributed by atoms with Crippen LogP contribution in [0.3, 0.4) is 0 Å². The van der Waals surface area contributed by atoms with E-state index in [1.165, 1.54) is 23.9 Å². The fourth-order valence-corrected chi connectivity index (χ4v) is 4.08. The van der Waals surface area contributed by atoms with Crippen molar-refractivity contribution in [3.63, 3.8) is 0 Å². The molecule has 0 amide bonds. The Balaban J connectivity index is 2.12. The zero-order valence-electron chi connectivity index (χ0n) is 19.1. The molecule has 0 radical (unpaired) electrons. The zero-order chi connectivity index (χ0) is 25.1. The molecule has 0 saturated carbocycles. The summed E-state index contributed by atoms with van der Waals surface area (Å²) in [5.41, 5.74) is -1.22. The Labute approximate surface area is 197 Å². The molecule has 0 bridgehead atoms. The minimum absolute atomic E-state index is 0.0969. The van der Waals surface area contributed by atoms with Crippen LogP contribution in [0.25, 0.3) is 0 Å². The third kappa shape index (κ3) is 8.65. The van der Waals surface area contributed by atoms with Gasteiger partial charge in [0.2, 0.25) is 0 Å². The number of nitrogens with one attached hydrogen (secondary N) is 2. The number of aromatic amines is 1. The molecule has 0 aliphatic carbocycles. The highest BCUT2D eigenvalue weighted by atomic mass is 31.2. The Bertz CT molecular complexity index is 1140. The second-order valence-electron chi connectivity index (χ2n) is 7.36. The number of H-pyrrole nitrogens is 1. The van der Waals surface area contributed by atoms with Crippen LogP contribution in [0.1, 0.15) is 26.3 Å². The predicted octanol–water partition coefficient (Wildman–Crippen LogP) is 1.86. The van der Waals surface area contributed by atoms with E-state index in [9.17, 15) is 18.9 Å². The molecule has 0 fully saturated rings. The molecular weight excluding hydrogens is 465 g/mol. The summed E-state index contributed by atoms with van der Waals surface area (Å²) in [5, 5.41) is 2.49. The number of aromatic nitrogens is 2. The van der Waals surface area contributed by atoms with Crippen LogP contribution in [0.15, 0.2) is 52.2 Å². The van der Waals surface area contributed by atoms with Gasteiger partial charge in [0.25, 0.3) is 5.56 Å². The van der Waals surface area contributed by atoms with Gasteiger partial charge in [0.15, 0.2) is 0 Å². The van der Waals surface area contributed by atoms with Crippen molar-refractivity contribution in [2.24, 2.45) is 0 Å². The van der Waals surface area contributed by atoms with Crippen molar-refractivity contribution in [2.75, 3.05) is 20.3 Å². The monoisotopic (exact) mass is 493 g/mol. The molecule has 3 unspecified atom stereocenters. The molecule has 3 atom stereocenters. The fraction of sp³-hybridized carbons (Fsp3) is 0.409. The first-order valence-electron chi connectivity index (χ1n) is 10.4. The van der Waals surface area contributed by atoms with Crippen LogP contribution < -0.4 is 20.9 Å². The van der Waals surface area contributed by atoms with Crippen LogP contribution in [0, 0.1) is 12.3 Å². The van der Waals surface area contributed by atoms with Crippen LogP contribution in [-0.4, -0.2) is 48.0 Å². The lowest BCUT2D eigenvalue weighted by Crippen LogP contribution is -2.34. The molecule has 2 N–H and O–H groups in total. The molecule has 2 aromatic rings. The van der Waals surface area contributed by atoms with Crippen molar-refractivity contribution in [1.82, 2.24) is 14.6 Å². The lowest BCUT2D eigenvalue weighted by Gasteiger charge is -2.24. The number of benzene rings is 1. The molecule has 1 aromatic carbocycles. The van der Waals surface area contributed by atoms with Crippen LogP contribution in [0.5, 0.6) is 5.75 Å². The molecule has 184 valence electrons. The van der Waals surface area contributed by atoms with E-state index < -0.39 is 43.7 Å². The van der Waals surface area contributed by atoms with E-state index in [0.717, 1.165) is 0 Å². The van der Waals surface area contributed by atoms with Gasteiger partial charge >= 0.3 is 19.4 Å². The summed E-state index contributed by atoms with van der Waals surface area (Å²) >= 11 is 0. The average molecular weight is 493 g/mol. The number of nitrogens with zero attached hydrogens (tertiary/aromatic N) is 1. The van der Waals surface area contributed by atoms with Crippen molar-refractivity contribution in [3.05, 3.63) is 63.4 Å². The van der Waals surface area contributed by atoms with Gasteiger partial charge in [0.05, 0.1) is 18.8 Å². The summed E-state index contributed by atoms with van der Waals surface area (Å²) in [5.74, 6) is 2.09. The van der Waals surface area contributed by atoms with Gasteiger partial charge in [-0.2, -0.15) is 0 Å². The van der Waals surface area contributed by atoms with Gasteiger partial charge < -0.3 is 14.0 Å². The Morgan fingerprint density at radius 2 is 1.94 bits per heavy atom. The molecule has 1 heterocycles. The minimum Gasteiger partial charge on any atom is -0.462 e. The molecule has 11 nitrogen and oxygen atoms in total. The first kappa shape index (κ1) is 27.1. The summed E-state index contributed by atoms with van der Waals surface area (Å²) < 4.78 is 36.0. The number of hydrogen-bond acceptors (Lipinski definition) is 8. The summed E-state index contributed by atoms with van der Waals surface area (Å²) in [6.07, 6.45) is 5.90. The number of para-hydroxylation sites is 1. The third-order valence-electron chi connectivity index (χ3n) is 4.38. The van der Waals surface area contributed by atoms with Crippen LogP contribution in [-0.2, 0) is 23.4 Å². The number of terminal acetylenes is 1. The number of carbonyl (C=O) groups is 1. The van der Waals surface area contributed by atoms with E-state index in [1.807, 2.05) is 0 Å². The molecule has 34 heavy (non-hydrogen) atoms. The SMILES string of the molecule is C#CC(CC(COP(=O)(NCC(=O)OC(C)C)Oc1ccccc1)OC)n1ccc(=O)[nH]c1=O. The second-order valence-corrected chi connectivity index (χ2v) is 9.12. The maximum Gasteiger partial charge on any atom is 0.459 e. The number of esters is 1. The van der Waals surface area contributed by atoms with E-state index in [0.29, 0.717) is 0 Å². The van der Waals surface area contributed by atoms with Crippen molar-refractivity contribution < 1.29 is 27.9 Å². The number of rotatable bonds is 13. The number of methoxy groups -OCH3 is 1. The van der Waals surface area contributed by atoms with E-state index >= 15 is 0 Å². The van der Waals surface area contributed by atoms with Crippen LogP contribution in [0.4, 0.5) is 0 Å². The molecule has 0 saturated heterocycles. The Kier molecular flexibility index (Phi) is 10.3. The molecule has 12 heteroatoms. The highest BCUT2D eigenvalue weighted by molar-refractivity contribution is 7.52. The first-order chi connectivity index (χ1) is 16.2. The predicted molar refractivity (Wildman–Crippen MR) is 124 cm³/mol. The van der Waals surface area contributed by atoms with Crippen molar-refractivity contribution in [1.29, 1.82) is 0 Å². The topological polar surface area (TPSA) is 138 Å². The molecule has 0 spiro atoms. The quantitative estimate of drug-likeness (QED) is 0.243. The zero-order valence-corrected chi connectivity index (χ0v) is 20.0. The summed E-state index contributed by atoms with van der Waals surface area (Å²) in [6, 6.07) is 8.68. The third-order valence-corrected chi connectivity index (χ3v) is 5.87. The van der Waals surface area contributed by atoms with Crippen LogP contribution >= 0.6 is 7.75 Å². The highest BCUT2D eigenvalue weighted by Gasteiger charge is 2.30. The maximum atomic E-state index is 13.4. The molecule has 1 aromatic heterocycles. The summed E-state index contributed by atoms with van der Waals surface area (Å²) in [7, 11) is -2.65. The minimum atomic E-state index is -4.04. The van der Waals surface area contributed by atoms with Gasteiger partial charge in [-0.05, 0) is 26.0 Å². The van der Waals surface area contributed by atoms with Crippen molar-refractivity contribution in [2.45, 2.75) is 38.5 Å². The summed E-state index contributed by atoms with van der Waals surface area (Å²) in [4.78, 5) is 37.4. The normalized spacial score (nSPS) is 14.6. The largest absolute Gasteiger partial charge is 0.462 e. The van der Waals surface area contributed by atoms with Gasteiger partial charge in [-0.1, -0.05) is 24.1 Å². The first-order valence-corrected chi connectivity index (χ1v) is 11.9. The van der Waals surface area contributed by atoms with E-state index in [-0.39, 0.29) is 24.9 Å². The summed E-state index contributed by atoms with van der Waals surface area (Å²) in [6.45, 7) is 2.71. The van der Waals surface area contributed by atoms with Gasteiger partial charge in [0.1, 0.15) is 18.3 Å². The maximum absolute atomic E-state index is 13.4. The molecule has 2 rings (SSSR count). The van der Waals surface area contributed by atoms with Gasteiger partial charge in [0, 0.05) is 25.8 Å². The van der Waals surface area contributed by atoms with Crippen molar-refractivity contribution >= 4 is 13.7 Å². The average Bonchev–Trinajstić information content (AvgIpc) is 2.79. The Morgan fingerprint density at radius 3 is 2.53 bits per heavy atom.